The molecule has 0 spiro atoms. The minimum Gasteiger partial charge on any atom is -0.371 e. The summed E-state index contributed by atoms with van der Waals surface area (Å²) >= 11 is 0. The van der Waals surface area contributed by atoms with Crippen LogP contribution >= 0.6 is 0 Å². The number of nitrogens with zero attached hydrogens (tertiary/aromatic N) is 4. The zero-order valence-corrected chi connectivity index (χ0v) is 17.2. The maximum absolute atomic E-state index is 13.4. The number of halogens is 1. The van der Waals surface area contributed by atoms with E-state index in [2.05, 4.69) is 30.7 Å². The van der Waals surface area contributed by atoms with Gasteiger partial charge < -0.3 is 24.8 Å². The van der Waals surface area contributed by atoms with Crippen molar-refractivity contribution >= 4 is 11.6 Å². The van der Waals surface area contributed by atoms with Crippen LogP contribution in [0.3, 0.4) is 0 Å². The highest BCUT2D eigenvalue weighted by Gasteiger charge is 2.21. The molecule has 1 aliphatic rings. The van der Waals surface area contributed by atoms with E-state index in [1.54, 1.807) is 19.2 Å². The molecule has 2 N–H and O–H groups in total. The number of ether oxygens (including phenoxy) is 1. The number of piperidine rings is 1. The number of aliphatic imine (C=N–C) groups is 1. The summed E-state index contributed by atoms with van der Waals surface area (Å²) < 4.78 is 24.2. The lowest BCUT2D eigenvalue weighted by atomic mass is 10.0. The molecule has 1 aromatic carbocycles. The van der Waals surface area contributed by atoms with E-state index in [9.17, 15) is 4.39 Å². The molecule has 8 nitrogen and oxygen atoms in total. The summed E-state index contributed by atoms with van der Waals surface area (Å²) in [5.41, 5.74) is 0.930. The fraction of sp³-hybridized carbons (Fsp3) is 0.550. The quantitative estimate of drug-likeness (QED) is 0.542. The van der Waals surface area contributed by atoms with Gasteiger partial charge >= 0.3 is 0 Å². The van der Waals surface area contributed by atoms with Crippen LogP contribution in [-0.2, 0) is 11.3 Å². The van der Waals surface area contributed by atoms with Crippen molar-refractivity contribution in [3.63, 3.8) is 0 Å². The third kappa shape index (κ3) is 5.90. The van der Waals surface area contributed by atoms with Crippen molar-refractivity contribution in [2.45, 2.75) is 45.4 Å². The molecule has 0 saturated carbocycles. The number of hydrogen-bond donors (Lipinski definition) is 2. The van der Waals surface area contributed by atoms with Crippen LogP contribution in [0.25, 0.3) is 0 Å². The van der Waals surface area contributed by atoms with Crippen molar-refractivity contribution in [3.8, 4) is 0 Å². The summed E-state index contributed by atoms with van der Waals surface area (Å²) in [6.07, 6.45) is 1.68. The molecular weight excluding hydrogens is 375 g/mol. The first-order valence-electron chi connectivity index (χ1n) is 10.0. The highest BCUT2D eigenvalue weighted by molar-refractivity contribution is 5.79. The van der Waals surface area contributed by atoms with Gasteiger partial charge in [-0.25, -0.2) is 4.39 Å². The number of hydrogen-bond acceptors (Lipinski definition) is 6. The van der Waals surface area contributed by atoms with Crippen LogP contribution in [0.2, 0.25) is 0 Å². The van der Waals surface area contributed by atoms with Gasteiger partial charge in [-0.1, -0.05) is 11.2 Å². The molecule has 158 valence electrons. The Balaban J connectivity index is 1.45. The van der Waals surface area contributed by atoms with Crippen molar-refractivity contribution < 1.29 is 13.7 Å². The maximum Gasteiger partial charge on any atom is 0.246 e. The lowest BCUT2D eigenvalue weighted by molar-refractivity contribution is 0.0683. The predicted molar refractivity (Wildman–Crippen MR) is 109 cm³/mol. The topological polar surface area (TPSA) is 87.8 Å². The first-order valence-corrected chi connectivity index (χ1v) is 10.0. The molecule has 2 heterocycles. The molecule has 1 atom stereocenters. The Morgan fingerprint density at radius 2 is 2.21 bits per heavy atom. The average molecular weight is 404 g/mol. The highest BCUT2D eigenvalue weighted by Crippen LogP contribution is 2.20. The van der Waals surface area contributed by atoms with Gasteiger partial charge in [0.2, 0.25) is 5.89 Å². The van der Waals surface area contributed by atoms with E-state index in [1.807, 2.05) is 19.9 Å². The second-order valence-corrected chi connectivity index (χ2v) is 6.96. The molecule has 1 fully saturated rings. The summed E-state index contributed by atoms with van der Waals surface area (Å²) in [7, 11) is 1.73. The average Bonchev–Trinajstić information content (AvgIpc) is 3.21. The van der Waals surface area contributed by atoms with Crippen molar-refractivity contribution in [1.29, 1.82) is 0 Å². The van der Waals surface area contributed by atoms with E-state index in [-0.39, 0.29) is 11.9 Å². The van der Waals surface area contributed by atoms with Crippen LogP contribution in [0, 0.1) is 5.82 Å². The summed E-state index contributed by atoms with van der Waals surface area (Å²) in [5, 5.41) is 10.6. The molecule has 0 bridgehead atoms. The van der Waals surface area contributed by atoms with Gasteiger partial charge in [-0.15, -0.1) is 0 Å². The second kappa shape index (κ2) is 10.2. The molecule has 3 rings (SSSR count). The summed E-state index contributed by atoms with van der Waals surface area (Å²) in [6.45, 7) is 6.52. The lowest BCUT2D eigenvalue weighted by Gasteiger charge is -2.34. The van der Waals surface area contributed by atoms with E-state index < -0.39 is 0 Å². The molecule has 1 unspecified atom stereocenters. The Kier molecular flexibility index (Phi) is 7.40. The third-order valence-electron chi connectivity index (χ3n) is 4.90. The highest BCUT2D eigenvalue weighted by atomic mass is 19.1. The van der Waals surface area contributed by atoms with Crippen LogP contribution < -0.4 is 15.5 Å². The van der Waals surface area contributed by atoms with Crippen LogP contribution in [0.1, 0.15) is 44.5 Å². The lowest BCUT2D eigenvalue weighted by Crippen LogP contribution is -2.48. The second-order valence-electron chi connectivity index (χ2n) is 6.96. The number of rotatable bonds is 7. The van der Waals surface area contributed by atoms with E-state index >= 15 is 0 Å². The van der Waals surface area contributed by atoms with Crippen LogP contribution in [-0.4, -0.2) is 48.9 Å². The standard InChI is InChI=1S/C20H29FN6O2/c1-4-28-14(2)19-25-18(29-26-19)13-23-20(22-3)24-16-8-10-27(11-9-16)17-7-5-6-15(21)12-17/h5-7,12,14,16H,4,8-11,13H2,1-3H3,(H2,22,23,24). The van der Waals surface area contributed by atoms with Gasteiger partial charge in [0.05, 0.1) is 6.54 Å². The third-order valence-corrected chi connectivity index (χ3v) is 4.90. The molecule has 0 radical (unpaired) electrons. The number of benzene rings is 1. The van der Waals surface area contributed by atoms with Gasteiger partial charge in [-0.05, 0) is 44.9 Å². The minimum atomic E-state index is -0.202. The van der Waals surface area contributed by atoms with Crippen LogP contribution in [0.15, 0.2) is 33.8 Å². The maximum atomic E-state index is 13.4. The Bertz CT molecular complexity index is 804. The van der Waals surface area contributed by atoms with Crippen molar-refractivity contribution in [2.75, 3.05) is 31.6 Å². The first kappa shape index (κ1) is 21.0. The zero-order chi connectivity index (χ0) is 20.6. The van der Waals surface area contributed by atoms with Crippen LogP contribution in [0.5, 0.6) is 0 Å². The van der Waals surface area contributed by atoms with E-state index in [0.717, 1.165) is 31.6 Å². The van der Waals surface area contributed by atoms with Crippen molar-refractivity contribution in [1.82, 2.24) is 20.8 Å². The summed E-state index contributed by atoms with van der Waals surface area (Å²) in [6, 6.07) is 7.04. The Labute approximate surface area is 170 Å². The van der Waals surface area contributed by atoms with E-state index in [1.165, 1.54) is 6.07 Å². The number of guanidine groups is 1. The van der Waals surface area contributed by atoms with Gasteiger partial charge in [0.15, 0.2) is 11.8 Å². The fourth-order valence-electron chi connectivity index (χ4n) is 3.33. The van der Waals surface area contributed by atoms with Crippen molar-refractivity contribution in [2.24, 2.45) is 4.99 Å². The fourth-order valence-corrected chi connectivity index (χ4v) is 3.33. The van der Waals surface area contributed by atoms with Crippen LogP contribution in [0.4, 0.5) is 10.1 Å². The molecule has 29 heavy (non-hydrogen) atoms. The SMILES string of the molecule is CCOC(C)c1noc(CNC(=NC)NC2CCN(c3cccc(F)c3)CC2)n1. The Morgan fingerprint density at radius 3 is 2.90 bits per heavy atom. The Morgan fingerprint density at radius 1 is 1.41 bits per heavy atom. The number of aromatic nitrogens is 2. The summed E-state index contributed by atoms with van der Waals surface area (Å²) in [4.78, 5) is 10.8. The minimum absolute atomic E-state index is 0.196. The van der Waals surface area contributed by atoms with Crippen molar-refractivity contribution in [3.05, 3.63) is 41.8 Å². The molecule has 1 aliphatic heterocycles. The monoisotopic (exact) mass is 404 g/mol. The van der Waals surface area contributed by atoms with E-state index in [0.29, 0.717) is 36.9 Å². The molecule has 9 heteroatoms. The molecule has 0 amide bonds. The van der Waals surface area contributed by atoms with Gasteiger partial charge in [-0.2, -0.15) is 4.98 Å². The Hall–Kier alpha value is -2.68. The smallest absolute Gasteiger partial charge is 0.246 e. The van der Waals surface area contributed by atoms with Gasteiger partial charge in [0.25, 0.3) is 0 Å². The molecule has 2 aromatic rings. The normalized spacial score (nSPS) is 16.7. The molecule has 1 aromatic heterocycles. The largest absolute Gasteiger partial charge is 0.371 e. The van der Waals surface area contributed by atoms with Gasteiger partial charge in [-0.3, -0.25) is 4.99 Å². The van der Waals surface area contributed by atoms with Gasteiger partial charge in [0.1, 0.15) is 11.9 Å². The molecule has 1 saturated heterocycles. The van der Waals surface area contributed by atoms with Gasteiger partial charge in [0, 0.05) is 38.5 Å². The van der Waals surface area contributed by atoms with E-state index in [4.69, 9.17) is 9.26 Å². The number of anilines is 1. The first-order chi connectivity index (χ1) is 14.1. The predicted octanol–water partition coefficient (Wildman–Crippen LogP) is 2.64. The molecular formula is C20H29FN6O2. The summed E-state index contributed by atoms with van der Waals surface area (Å²) in [5.74, 6) is 1.51. The zero-order valence-electron chi connectivity index (χ0n) is 17.2. The molecule has 0 aliphatic carbocycles. The number of nitrogens with one attached hydrogen (secondary N) is 2.